The molecule has 0 radical (unpaired) electrons. The van der Waals surface area contributed by atoms with Crippen LogP contribution in [0.1, 0.15) is 0 Å². The molecular weight excluding hydrogens is 238 g/mol. The van der Waals surface area contributed by atoms with Crippen LogP contribution in [0.15, 0.2) is 23.1 Å². The maximum absolute atomic E-state index is 11.7. The highest BCUT2D eigenvalue weighted by Gasteiger charge is 2.18. The molecule has 0 atom stereocenters. The number of anilines is 1. The van der Waals surface area contributed by atoms with E-state index in [1.54, 1.807) is 14.1 Å². The van der Waals surface area contributed by atoms with Crippen molar-refractivity contribution in [2.24, 2.45) is 0 Å². The minimum absolute atomic E-state index is 0.0244. The van der Waals surface area contributed by atoms with Crippen LogP contribution in [0.2, 0.25) is 5.02 Å². The molecule has 3 N–H and O–H groups in total. The van der Waals surface area contributed by atoms with Gasteiger partial charge in [0.15, 0.2) is 0 Å². The van der Waals surface area contributed by atoms with Gasteiger partial charge in [0.25, 0.3) is 10.0 Å². The van der Waals surface area contributed by atoms with Gasteiger partial charge in [0.2, 0.25) is 0 Å². The van der Waals surface area contributed by atoms with Gasteiger partial charge in [0.05, 0.1) is 5.69 Å². The van der Waals surface area contributed by atoms with Crippen LogP contribution in [0.5, 0.6) is 0 Å². The van der Waals surface area contributed by atoms with Gasteiger partial charge in [-0.05, 0) is 18.2 Å². The topological polar surface area (TPSA) is 75.4 Å². The first-order valence-corrected chi connectivity index (χ1v) is 5.94. The van der Waals surface area contributed by atoms with Gasteiger partial charge in [0.1, 0.15) is 4.90 Å². The Morgan fingerprint density at radius 1 is 1.40 bits per heavy atom. The third-order valence-corrected chi connectivity index (χ3v) is 3.34. The van der Waals surface area contributed by atoms with Crippen molar-refractivity contribution < 1.29 is 8.42 Å². The number of nitrogens with zero attached hydrogens (tertiary/aromatic N) is 1. The lowest BCUT2D eigenvalue weighted by atomic mass is 10.3. The lowest BCUT2D eigenvalue weighted by Gasteiger charge is -2.13. The summed E-state index contributed by atoms with van der Waals surface area (Å²) in [5.74, 6) is 0. The molecule has 0 aliphatic rings. The van der Waals surface area contributed by atoms with Gasteiger partial charge in [-0.3, -0.25) is 0 Å². The van der Waals surface area contributed by atoms with Gasteiger partial charge < -0.3 is 5.73 Å². The monoisotopic (exact) mass is 249 g/mol. The maximum atomic E-state index is 11.7. The fourth-order valence-electron chi connectivity index (χ4n) is 1.03. The van der Waals surface area contributed by atoms with E-state index in [1.807, 2.05) is 0 Å². The Morgan fingerprint density at radius 2 is 2.00 bits per heavy atom. The number of hydrogen-bond donors (Lipinski definition) is 2. The summed E-state index contributed by atoms with van der Waals surface area (Å²) in [5.41, 5.74) is 5.72. The number of sulfonamides is 1. The summed E-state index contributed by atoms with van der Waals surface area (Å²) in [6.07, 6.45) is 0. The zero-order valence-corrected chi connectivity index (χ0v) is 9.93. The maximum Gasteiger partial charge on any atom is 0.255 e. The molecule has 0 saturated heterocycles. The second-order valence-electron chi connectivity index (χ2n) is 3.17. The molecule has 0 spiro atoms. The highest BCUT2D eigenvalue weighted by molar-refractivity contribution is 7.89. The molecule has 0 aliphatic carbocycles. The van der Waals surface area contributed by atoms with E-state index in [9.17, 15) is 8.42 Å². The Kier molecular flexibility index (Phi) is 3.56. The molecule has 0 aromatic heterocycles. The summed E-state index contributed by atoms with van der Waals surface area (Å²) in [4.78, 5) is 2.25. The number of hydrogen-bond acceptors (Lipinski definition) is 4. The average Bonchev–Trinajstić information content (AvgIpc) is 2.06. The number of benzene rings is 1. The minimum Gasteiger partial charge on any atom is -0.398 e. The largest absolute Gasteiger partial charge is 0.398 e. The molecule has 1 aromatic rings. The normalized spacial score (nSPS) is 12.0. The standard InChI is InChI=1S/C8H12ClN3O2S/c1-12(2)11-15(13,14)8-5-6(9)3-4-7(8)10/h3-5,11H,10H2,1-2H3. The lowest BCUT2D eigenvalue weighted by molar-refractivity contribution is 0.364. The number of nitrogens with two attached hydrogens (primary N) is 1. The number of rotatable bonds is 3. The summed E-state index contributed by atoms with van der Waals surface area (Å²) in [7, 11) is -0.511. The highest BCUT2D eigenvalue weighted by Crippen LogP contribution is 2.22. The quantitative estimate of drug-likeness (QED) is 0.610. The molecule has 0 saturated carbocycles. The second-order valence-corrected chi connectivity index (χ2v) is 5.24. The van der Waals surface area contributed by atoms with Crippen LogP contribution in [-0.4, -0.2) is 27.5 Å². The molecule has 5 nitrogen and oxygen atoms in total. The molecule has 0 unspecified atom stereocenters. The molecule has 15 heavy (non-hydrogen) atoms. The Morgan fingerprint density at radius 3 is 2.53 bits per heavy atom. The molecular formula is C8H12ClN3O2S. The zero-order valence-electron chi connectivity index (χ0n) is 8.36. The lowest BCUT2D eigenvalue weighted by Crippen LogP contribution is -2.36. The van der Waals surface area contributed by atoms with Crippen molar-refractivity contribution in [3.05, 3.63) is 23.2 Å². The summed E-state index contributed by atoms with van der Waals surface area (Å²) >= 11 is 5.70. The van der Waals surface area contributed by atoms with Gasteiger partial charge in [-0.15, -0.1) is 4.83 Å². The SMILES string of the molecule is CN(C)NS(=O)(=O)c1cc(Cl)ccc1N. The molecule has 0 amide bonds. The minimum atomic E-state index is -3.65. The Hall–Kier alpha value is -0.820. The number of nitrogens with one attached hydrogen (secondary N) is 1. The van der Waals surface area contributed by atoms with E-state index < -0.39 is 10.0 Å². The summed E-state index contributed by atoms with van der Waals surface area (Å²) in [5, 5.41) is 1.64. The van der Waals surface area contributed by atoms with E-state index in [0.717, 1.165) is 0 Å². The van der Waals surface area contributed by atoms with Crippen molar-refractivity contribution in [2.45, 2.75) is 4.90 Å². The average molecular weight is 250 g/mol. The van der Waals surface area contributed by atoms with Crippen molar-refractivity contribution in [3.8, 4) is 0 Å². The molecule has 84 valence electrons. The summed E-state index contributed by atoms with van der Waals surface area (Å²) in [6.45, 7) is 0. The summed E-state index contributed by atoms with van der Waals surface area (Å²) in [6, 6.07) is 4.29. The van der Waals surface area contributed by atoms with Gasteiger partial charge >= 0.3 is 0 Å². The van der Waals surface area contributed by atoms with Crippen LogP contribution in [0.4, 0.5) is 5.69 Å². The smallest absolute Gasteiger partial charge is 0.255 e. The molecule has 0 aliphatic heterocycles. The van der Waals surface area contributed by atoms with Crippen molar-refractivity contribution in [1.29, 1.82) is 0 Å². The van der Waals surface area contributed by atoms with Crippen LogP contribution in [-0.2, 0) is 10.0 Å². The van der Waals surface area contributed by atoms with E-state index in [2.05, 4.69) is 4.83 Å². The van der Waals surface area contributed by atoms with Gasteiger partial charge in [-0.25, -0.2) is 13.4 Å². The molecule has 0 heterocycles. The zero-order chi connectivity index (χ0) is 11.6. The second kappa shape index (κ2) is 4.36. The van der Waals surface area contributed by atoms with Crippen molar-refractivity contribution >= 4 is 27.3 Å². The first-order chi connectivity index (χ1) is 6.83. The first-order valence-electron chi connectivity index (χ1n) is 4.08. The number of nitrogen functional groups attached to an aromatic ring is 1. The van der Waals surface area contributed by atoms with Crippen molar-refractivity contribution in [1.82, 2.24) is 9.84 Å². The third kappa shape index (κ3) is 3.07. The van der Waals surface area contributed by atoms with Crippen LogP contribution >= 0.6 is 11.6 Å². The van der Waals surface area contributed by atoms with Crippen LogP contribution in [0.3, 0.4) is 0 Å². The number of hydrazine groups is 1. The molecule has 0 bridgehead atoms. The molecule has 1 rings (SSSR count). The summed E-state index contributed by atoms with van der Waals surface area (Å²) < 4.78 is 23.4. The Labute approximate surface area is 93.8 Å². The van der Waals surface area contributed by atoms with E-state index in [0.29, 0.717) is 5.02 Å². The molecule has 7 heteroatoms. The van der Waals surface area contributed by atoms with Crippen molar-refractivity contribution in [2.75, 3.05) is 19.8 Å². The third-order valence-electron chi connectivity index (χ3n) is 1.57. The van der Waals surface area contributed by atoms with Crippen molar-refractivity contribution in [3.63, 3.8) is 0 Å². The predicted octanol–water partition coefficient (Wildman–Crippen LogP) is 0.677. The highest BCUT2D eigenvalue weighted by atomic mass is 35.5. The molecule has 1 aromatic carbocycles. The fraction of sp³-hybridized carbons (Fsp3) is 0.250. The van der Waals surface area contributed by atoms with E-state index in [-0.39, 0.29) is 10.6 Å². The van der Waals surface area contributed by atoms with E-state index in [1.165, 1.54) is 23.2 Å². The Balaban J connectivity index is 3.21. The number of halogens is 1. The fourth-order valence-corrected chi connectivity index (χ4v) is 2.51. The van der Waals surface area contributed by atoms with Gasteiger partial charge in [0, 0.05) is 19.1 Å². The van der Waals surface area contributed by atoms with E-state index >= 15 is 0 Å². The van der Waals surface area contributed by atoms with Crippen LogP contribution in [0.25, 0.3) is 0 Å². The predicted molar refractivity (Wildman–Crippen MR) is 59.9 cm³/mol. The van der Waals surface area contributed by atoms with Crippen LogP contribution < -0.4 is 10.6 Å². The van der Waals surface area contributed by atoms with Gasteiger partial charge in [-0.1, -0.05) is 11.6 Å². The van der Waals surface area contributed by atoms with Gasteiger partial charge in [-0.2, -0.15) is 0 Å². The first kappa shape index (κ1) is 12.3. The Bertz CT molecular complexity index is 459. The van der Waals surface area contributed by atoms with Crippen LogP contribution in [0, 0.1) is 0 Å². The van der Waals surface area contributed by atoms with E-state index in [4.69, 9.17) is 17.3 Å². The molecule has 0 fully saturated rings.